The first kappa shape index (κ1) is 16.4. The molecule has 0 aliphatic heterocycles. The Labute approximate surface area is 140 Å². The first-order chi connectivity index (χ1) is 10.9. The van der Waals surface area contributed by atoms with Crippen molar-refractivity contribution in [3.8, 4) is 0 Å². The van der Waals surface area contributed by atoms with Gasteiger partial charge < -0.3 is 4.74 Å². The molecule has 124 valence electrons. The number of fused-ring (bicyclic) bond motifs is 1. The first-order valence-electron chi connectivity index (χ1n) is 8.13. The van der Waals surface area contributed by atoms with Crippen molar-refractivity contribution in [1.29, 1.82) is 0 Å². The summed E-state index contributed by atoms with van der Waals surface area (Å²) in [6.07, 6.45) is 6.25. The summed E-state index contributed by atoms with van der Waals surface area (Å²) in [4.78, 5) is 12.3. The molecule has 2 bridgehead atoms. The SMILES string of the molecule is C[S@@](=O)Cc1cccc(C(=O)OCC2=CC[C@H]3C[C@@H]2C3(C)C)c1. The standard InChI is InChI=1S/C19H24O3S/c1-19(2)16-8-7-15(17(19)10-16)11-22-18(20)14-6-4-5-13(9-14)12-23(3)21/h4-7,9,16-17H,8,10-12H2,1-3H3/t16-,17-,23+/m0/s1. The zero-order valence-corrected chi connectivity index (χ0v) is 14.8. The molecule has 0 N–H and O–H groups in total. The van der Waals surface area contributed by atoms with E-state index in [0.29, 0.717) is 29.3 Å². The molecular formula is C19H24O3S. The van der Waals surface area contributed by atoms with Crippen molar-refractivity contribution in [1.82, 2.24) is 0 Å². The average Bonchev–Trinajstić information content (AvgIpc) is 2.52. The van der Waals surface area contributed by atoms with E-state index in [-0.39, 0.29) is 5.97 Å². The van der Waals surface area contributed by atoms with Gasteiger partial charge in [-0.3, -0.25) is 4.21 Å². The monoisotopic (exact) mass is 332 g/mol. The molecule has 4 heteroatoms. The third kappa shape index (κ3) is 3.27. The van der Waals surface area contributed by atoms with Gasteiger partial charge in [-0.15, -0.1) is 0 Å². The lowest BCUT2D eigenvalue weighted by Gasteiger charge is -2.56. The number of ether oxygens (including phenoxy) is 1. The number of carbonyl (C=O) groups is 1. The quantitative estimate of drug-likeness (QED) is 0.610. The maximum atomic E-state index is 12.3. The molecule has 1 aromatic rings. The van der Waals surface area contributed by atoms with E-state index in [0.717, 1.165) is 17.9 Å². The van der Waals surface area contributed by atoms with Crippen molar-refractivity contribution in [3.63, 3.8) is 0 Å². The molecule has 0 aromatic heterocycles. The average molecular weight is 332 g/mol. The Morgan fingerprint density at radius 2 is 2.17 bits per heavy atom. The second-order valence-corrected chi connectivity index (χ2v) is 8.75. The smallest absolute Gasteiger partial charge is 0.338 e. The number of esters is 1. The van der Waals surface area contributed by atoms with Crippen LogP contribution in [0.5, 0.6) is 0 Å². The van der Waals surface area contributed by atoms with Crippen molar-refractivity contribution in [2.45, 2.75) is 32.4 Å². The molecule has 1 fully saturated rings. The van der Waals surface area contributed by atoms with Crippen LogP contribution in [0.3, 0.4) is 0 Å². The van der Waals surface area contributed by atoms with Gasteiger partial charge in [0, 0.05) is 22.8 Å². The van der Waals surface area contributed by atoms with E-state index in [4.69, 9.17) is 4.74 Å². The minimum Gasteiger partial charge on any atom is -0.458 e. The van der Waals surface area contributed by atoms with Gasteiger partial charge in [0.15, 0.2) is 0 Å². The summed E-state index contributed by atoms with van der Waals surface area (Å²) in [5.41, 5.74) is 3.06. The number of benzene rings is 1. The molecule has 4 rings (SSSR count). The molecular weight excluding hydrogens is 308 g/mol. The molecule has 0 unspecified atom stereocenters. The van der Waals surface area contributed by atoms with Crippen LogP contribution >= 0.6 is 0 Å². The van der Waals surface area contributed by atoms with E-state index in [1.54, 1.807) is 18.4 Å². The Hall–Kier alpha value is -1.42. The number of allylic oxidation sites excluding steroid dienone is 1. The zero-order valence-electron chi connectivity index (χ0n) is 14.0. The van der Waals surface area contributed by atoms with Gasteiger partial charge in [0.2, 0.25) is 0 Å². The summed E-state index contributed by atoms with van der Waals surface area (Å²) >= 11 is 0. The highest BCUT2D eigenvalue weighted by Crippen LogP contribution is 2.59. The topological polar surface area (TPSA) is 43.4 Å². The minimum absolute atomic E-state index is 0.297. The van der Waals surface area contributed by atoms with Crippen LogP contribution in [0.2, 0.25) is 0 Å². The van der Waals surface area contributed by atoms with Gasteiger partial charge in [-0.2, -0.15) is 0 Å². The lowest BCUT2D eigenvalue weighted by Crippen LogP contribution is -2.48. The second kappa shape index (κ2) is 6.23. The Kier molecular flexibility index (Phi) is 4.45. The minimum atomic E-state index is -0.915. The summed E-state index contributed by atoms with van der Waals surface area (Å²) in [5, 5.41) is 0. The lowest BCUT2D eigenvalue weighted by atomic mass is 9.49. The van der Waals surface area contributed by atoms with Crippen LogP contribution in [0.4, 0.5) is 0 Å². The predicted molar refractivity (Wildman–Crippen MR) is 92.6 cm³/mol. The molecule has 0 heterocycles. The van der Waals surface area contributed by atoms with Gasteiger partial charge in [0.05, 0.1) is 5.56 Å². The molecule has 0 spiro atoms. The highest BCUT2D eigenvalue weighted by atomic mass is 32.2. The summed E-state index contributed by atoms with van der Waals surface area (Å²) in [5.74, 6) is 1.51. The summed E-state index contributed by atoms with van der Waals surface area (Å²) in [6, 6.07) is 7.24. The van der Waals surface area contributed by atoms with Crippen molar-refractivity contribution in [2.24, 2.45) is 17.3 Å². The summed E-state index contributed by atoms with van der Waals surface area (Å²) in [6.45, 7) is 5.02. The third-order valence-corrected chi connectivity index (χ3v) is 6.23. The molecule has 3 nitrogen and oxygen atoms in total. The number of rotatable bonds is 5. The fraction of sp³-hybridized carbons (Fsp3) is 0.526. The Bertz CT molecular complexity index is 675. The number of carbonyl (C=O) groups excluding carboxylic acids is 1. The Balaban J connectivity index is 1.62. The number of hydrogen-bond donors (Lipinski definition) is 0. The zero-order chi connectivity index (χ0) is 16.6. The van der Waals surface area contributed by atoms with E-state index in [9.17, 15) is 9.00 Å². The van der Waals surface area contributed by atoms with Gasteiger partial charge in [-0.25, -0.2) is 4.79 Å². The van der Waals surface area contributed by atoms with Crippen LogP contribution in [0, 0.1) is 17.3 Å². The maximum absolute atomic E-state index is 12.3. The number of hydrogen-bond acceptors (Lipinski definition) is 3. The van der Waals surface area contributed by atoms with Crippen molar-refractivity contribution >= 4 is 16.8 Å². The Morgan fingerprint density at radius 3 is 2.83 bits per heavy atom. The fourth-order valence-corrected chi connectivity index (χ4v) is 4.54. The largest absolute Gasteiger partial charge is 0.458 e. The molecule has 0 saturated heterocycles. The first-order valence-corrected chi connectivity index (χ1v) is 9.85. The van der Waals surface area contributed by atoms with E-state index in [1.165, 1.54) is 12.0 Å². The van der Waals surface area contributed by atoms with Gasteiger partial charge in [-0.05, 0) is 53.4 Å². The molecule has 1 saturated carbocycles. The molecule has 3 aliphatic rings. The Morgan fingerprint density at radius 1 is 1.39 bits per heavy atom. The van der Waals surface area contributed by atoms with Crippen LogP contribution in [0.25, 0.3) is 0 Å². The van der Waals surface area contributed by atoms with Crippen LogP contribution in [-0.4, -0.2) is 23.0 Å². The normalized spacial score (nSPS) is 26.0. The van der Waals surface area contributed by atoms with Gasteiger partial charge in [0.1, 0.15) is 6.61 Å². The van der Waals surface area contributed by atoms with Gasteiger partial charge in [-0.1, -0.05) is 32.1 Å². The van der Waals surface area contributed by atoms with Crippen LogP contribution in [0.15, 0.2) is 35.9 Å². The maximum Gasteiger partial charge on any atom is 0.338 e. The van der Waals surface area contributed by atoms with Gasteiger partial charge in [0.25, 0.3) is 0 Å². The molecule has 23 heavy (non-hydrogen) atoms. The van der Waals surface area contributed by atoms with Crippen molar-refractivity contribution in [2.75, 3.05) is 12.9 Å². The molecule has 3 atom stereocenters. The fourth-order valence-electron chi connectivity index (χ4n) is 3.90. The highest BCUT2D eigenvalue weighted by Gasteiger charge is 2.51. The van der Waals surface area contributed by atoms with Crippen molar-refractivity contribution in [3.05, 3.63) is 47.0 Å². The second-order valence-electron chi connectivity index (χ2n) is 7.32. The third-order valence-electron chi connectivity index (χ3n) is 5.49. The van der Waals surface area contributed by atoms with E-state index < -0.39 is 10.8 Å². The van der Waals surface area contributed by atoms with Gasteiger partial charge >= 0.3 is 5.97 Å². The predicted octanol–water partition coefficient (Wildman–Crippen LogP) is 3.71. The summed E-state index contributed by atoms with van der Waals surface area (Å²) < 4.78 is 16.8. The van der Waals surface area contributed by atoms with Crippen LogP contribution in [0.1, 0.15) is 42.6 Å². The van der Waals surface area contributed by atoms with E-state index in [1.807, 2.05) is 12.1 Å². The molecule has 0 amide bonds. The highest BCUT2D eigenvalue weighted by molar-refractivity contribution is 7.83. The molecule has 1 aromatic carbocycles. The summed E-state index contributed by atoms with van der Waals surface area (Å²) in [7, 11) is -0.915. The van der Waals surface area contributed by atoms with Crippen molar-refractivity contribution < 1.29 is 13.7 Å². The van der Waals surface area contributed by atoms with Crippen LogP contribution < -0.4 is 0 Å². The lowest BCUT2D eigenvalue weighted by molar-refractivity contribution is -0.0155. The van der Waals surface area contributed by atoms with E-state index in [2.05, 4.69) is 19.9 Å². The van der Waals surface area contributed by atoms with Crippen LogP contribution in [-0.2, 0) is 21.3 Å². The van der Waals surface area contributed by atoms with E-state index >= 15 is 0 Å². The molecule has 3 aliphatic carbocycles. The molecule has 0 radical (unpaired) electrons.